The number of aromatic nitrogens is 3. The number of phenols is 1. The van der Waals surface area contributed by atoms with Crippen molar-refractivity contribution in [2.75, 3.05) is 20.1 Å². The lowest BCUT2D eigenvalue weighted by molar-refractivity contribution is 0.253. The largest absolute Gasteiger partial charge is 0.508 e. The Kier molecular flexibility index (Phi) is 6.78. The predicted octanol–water partition coefficient (Wildman–Crippen LogP) is 6.98. The molecule has 8 heteroatoms. The van der Waals surface area contributed by atoms with Crippen LogP contribution in [0.15, 0.2) is 95.9 Å². The van der Waals surface area contributed by atoms with E-state index in [-0.39, 0.29) is 28.6 Å². The Bertz CT molecular complexity index is 2010. The molecule has 1 aliphatic heterocycles. The second-order valence-corrected chi connectivity index (χ2v) is 11.4. The predicted molar refractivity (Wildman–Crippen MR) is 164 cm³/mol. The molecule has 0 aliphatic carbocycles. The number of fused-ring (bicyclic) bond motifs is 2. The van der Waals surface area contributed by atoms with Crippen LogP contribution in [0.2, 0.25) is 0 Å². The van der Waals surface area contributed by atoms with Crippen molar-refractivity contribution in [3.05, 3.63) is 130 Å². The molecular formula is C35H30F2N4O2. The molecule has 0 amide bonds. The van der Waals surface area contributed by atoms with Gasteiger partial charge in [-0.2, -0.15) is 0 Å². The molecule has 2 aromatic heterocycles. The molecule has 6 aromatic rings. The average Bonchev–Trinajstić information content (AvgIpc) is 3.44. The first-order chi connectivity index (χ1) is 20.9. The first-order valence-corrected chi connectivity index (χ1v) is 14.4. The molecule has 4 aromatic carbocycles. The lowest BCUT2D eigenvalue weighted by atomic mass is 9.88. The number of H-pyrrole nitrogens is 1. The number of pyridine rings is 1. The van der Waals surface area contributed by atoms with Gasteiger partial charge in [-0.25, -0.2) is 13.8 Å². The Hall–Kier alpha value is -4.82. The number of piperidine rings is 1. The van der Waals surface area contributed by atoms with E-state index in [1.165, 1.54) is 22.8 Å². The van der Waals surface area contributed by atoms with Crippen molar-refractivity contribution >= 4 is 21.8 Å². The third-order valence-corrected chi connectivity index (χ3v) is 8.65. The number of rotatable bonds is 5. The lowest BCUT2D eigenvalue weighted by Crippen LogP contribution is -2.29. The highest BCUT2D eigenvalue weighted by Gasteiger charge is 2.26. The standard InChI is InChI=1S/C35H30F2N4O2/c1-40-15-12-21(13-16-40)26-9-6-23(19-29(26)37)22-7-10-27-24(18-22)14-17-41(35(27)43)33(28-20-25(36)8-11-32(28)42)34-38-30-4-2-3-5-31(30)39-34/h2-11,14,17-21,33,42H,12-13,15-16H2,1H3,(H,38,39). The molecule has 0 radical (unpaired) electrons. The summed E-state index contributed by atoms with van der Waals surface area (Å²) >= 11 is 0. The van der Waals surface area contributed by atoms with Crippen LogP contribution in [0.4, 0.5) is 8.78 Å². The zero-order valence-corrected chi connectivity index (χ0v) is 23.6. The van der Waals surface area contributed by atoms with Gasteiger partial charge in [0.1, 0.15) is 29.3 Å². The monoisotopic (exact) mass is 576 g/mol. The second-order valence-electron chi connectivity index (χ2n) is 11.4. The third kappa shape index (κ3) is 4.97. The van der Waals surface area contributed by atoms with Crippen LogP contribution in [-0.2, 0) is 0 Å². The zero-order valence-electron chi connectivity index (χ0n) is 23.6. The minimum atomic E-state index is -0.916. The van der Waals surface area contributed by atoms with Crippen LogP contribution in [0.1, 0.15) is 41.8 Å². The van der Waals surface area contributed by atoms with E-state index in [0.717, 1.165) is 48.1 Å². The van der Waals surface area contributed by atoms with E-state index in [1.54, 1.807) is 24.4 Å². The van der Waals surface area contributed by atoms with Crippen molar-refractivity contribution in [1.29, 1.82) is 0 Å². The molecule has 43 heavy (non-hydrogen) atoms. The molecule has 1 unspecified atom stereocenters. The van der Waals surface area contributed by atoms with E-state index in [1.807, 2.05) is 48.5 Å². The van der Waals surface area contributed by atoms with Crippen molar-refractivity contribution < 1.29 is 13.9 Å². The first kappa shape index (κ1) is 27.0. The highest BCUT2D eigenvalue weighted by atomic mass is 19.1. The van der Waals surface area contributed by atoms with Gasteiger partial charge in [-0.3, -0.25) is 4.79 Å². The molecule has 1 saturated heterocycles. The number of nitrogens with one attached hydrogen (secondary N) is 1. The van der Waals surface area contributed by atoms with Crippen LogP contribution < -0.4 is 5.56 Å². The van der Waals surface area contributed by atoms with Crippen molar-refractivity contribution in [3.63, 3.8) is 0 Å². The molecule has 2 N–H and O–H groups in total. The number of likely N-dealkylation sites (tertiary alicyclic amines) is 1. The minimum absolute atomic E-state index is 0.153. The van der Waals surface area contributed by atoms with Crippen molar-refractivity contribution in [1.82, 2.24) is 19.4 Å². The van der Waals surface area contributed by atoms with Gasteiger partial charge in [0.2, 0.25) is 0 Å². The number of para-hydroxylation sites is 2. The van der Waals surface area contributed by atoms with Crippen molar-refractivity contribution in [2.45, 2.75) is 24.8 Å². The van der Waals surface area contributed by atoms with Crippen LogP contribution in [-0.4, -0.2) is 44.7 Å². The van der Waals surface area contributed by atoms with Crippen molar-refractivity contribution in [2.24, 2.45) is 0 Å². The summed E-state index contributed by atoms with van der Waals surface area (Å²) in [5.41, 5.74) is 3.62. The maximum absolute atomic E-state index is 15.3. The maximum atomic E-state index is 15.3. The summed E-state index contributed by atoms with van der Waals surface area (Å²) in [6, 6.07) is 22.8. The molecule has 6 nitrogen and oxygen atoms in total. The van der Waals surface area contributed by atoms with Crippen LogP contribution >= 0.6 is 0 Å². The van der Waals surface area contributed by atoms with Crippen LogP contribution in [0, 0.1) is 11.6 Å². The zero-order chi connectivity index (χ0) is 29.7. The van der Waals surface area contributed by atoms with Crippen LogP contribution in [0.25, 0.3) is 32.9 Å². The number of benzene rings is 4. The van der Waals surface area contributed by atoms with E-state index < -0.39 is 11.9 Å². The van der Waals surface area contributed by atoms with Gasteiger partial charge in [-0.15, -0.1) is 0 Å². The number of hydrogen-bond donors (Lipinski definition) is 2. The fourth-order valence-corrected chi connectivity index (χ4v) is 6.28. The summed E-state index contributed by atoms with van der Waals surface area (Å²) in [4.78, 5) is 24.1. The summed E-state index contributed by atoms with van der Waals surface area (Å²) in [7, 11) is 2.09. The highest BCUT2D eigenvalue weighted by molar-refractivity contribution is 5.86. The van der Waals surface area contributed by atoms with E-state index in [2.05, 4.69) is 21.9 Å². The minimum Gasteiger partial charge on any atom is -0.508 e. The number of aromatic hydroxyl groups is 1. The molecule has 0 spiro atoms. The van der Waals surface area contributed by atoms with E-state index in [0.29, 0.717) is 22.1 Å². The fraction of sp³-hybridized carbons (Fsp3) is 0.200. The Morgan fingerprint density at radius 3 is 2.49 bits per heavy atom. The average molecular weight is 577 g/mol. The molecular weight excluding hydrogens is 546 g/mol. The van der Waals surface area contributed by atoms with Crippen LogP contribution in [0.3, 0.4) is 0 Å². The summed E-state index contributed by atoms with van der Waals surface area (Å²) in [6.45, 7) is 1.92. The summed E-state index contributed by atoms with van der Waals surface area (Å²) in [5, 5.41) is 11.9. The first-order valence-electron chi connectivity index (χ1n) is 14.4. The number of phenolic OH excluding ortho intramolecular Hbond substituents is 1. The Balaban J connectivity index is 1.29. The SMILES string of the molecule is CN1CCC(c2ccc(-c3ccc4c(=O)n(C(c5nc6ccccc6[nH]5)c5cc(F)ccc5O)ccc4c3)cc2F)CC1. The number of imidazole rings is 1. The van der Waals surface area contributed by atoms with E-state index >= 15 is 4.39 Å². The fourth-order valence-electron chi connectivity index (χ4n) is 6.28. The lowest BCUT2D eigenvalue weighted by Gasteiger charge is -2.29. The van der Waals surface area contributed by atoms with Gasteiger partial charge in [0.25, 0.3) is 5.56 Å². The molecule has 216 valence electrons. The van der Waals surface area contributed by atoms with E-state index in [4.69, 9.17) is 0 Å². The quantitative estimate of drug-likeness (QED) is 0.232. The molecule has 0 bridgehead atoms. The molecule has 1 aliphatic rings. The van der Waals surface area contributed by atoms with Gasteiger partial charge in [0, 0.05) is 17.1 Å². The van der Waals surface area contributed by atoms with E-state index in [9.17, 15) is 14.3 Å². The second kappa shape index (κ2) is 10.8. The van der Waals surface area contributed by atoms with Crippen molar-refractivity contribution in [3.8, 4) is 16.9 Å². The molecule has 0 saturated carbocycles. The van der Waals surface area contributed by atoms with Gasteiger partial charge in [0.15, 0.2) is 0 Å². The Morgan fingerprint density at radius 2 is 1.70 bits per heavy atom. The normalized spacial score (nSPS) is 15.3. The Morgan fingerprint density at radius 1 is 0.930 bits per heavy atom. The van der Waals surface area contributed by atoms with Gasteiger partial charge < -0.3 is 19.6 Å². The van der Waals surface area contributed by atoms with Crippen LogP contribution in [0.5, 0.6) is 5.75 Å². The highest BCUT2D eigenvalue weighted by Crippen LogP contribution is 2.35. The van der Waals surface area contributed by atoms with Gasteiger partial charge in [0.05, 0.1) is 11.0 Å². The summed E-state index contributed by atoms with van der Waals surface area (Å²) < 4.78 is 31.1. The molecule has 3 heterocycles. The smallest absolute Gasteiger partial charge is 0.259 e. The maximum Gasteiger partial charge on any atom is 0.259 e. The Labute approximate surface area is 246 Å². The van der Waals surface area contributed by atoms with Gasteiger partial charge in [-0.05, 0) is 116 Å². The number of aromatic amines is 1. The van der Waals surface area contributed by atoms with Gasteiger partial charge >= 0.3 is 0 Å². The number of hydrogen-bond acceptors (Lipinski definition) is 4. The molecule has 1 fully saturated rings. The summed E-state index contributed by atoms with van der Waals surface area (Å²) in [5.74, 6) is -0.287. The summed E-state index contributed by atoms with van der Waals surface area (Å²) in [6.07, 6.45) is 3.51. The topological polar surface area (TPSA) is 74.2 Å². The van der Waals surface area contributed by atoms with Gasteiger partial charge in [-0.1, -0.05) is 30.3 Å². The third-order valence-electron chi connectivity index (χ3n) is 8.65. The molecule has 1 atom stereocenters. The number of nitrogens with zero attached hydrogens (tertiary/aromatic N) is 3. The molecule has 7 rings (SSSR count). The number of halogens is 2.